The maximum Gasteiger partial charge on any atom is 0.252 e. The Hall–Kier alpha value is -2.24. The van der Waals surface area contributed by atoms with Crippen LogP contribution < -0.4 is 10.6 Å². The molecule has 1 rings (SSSR count). The van der Waals surface area contributed by atoms with Crippen molar-refractivity contribution in [2.45, 2.75) is 19.9 Å². The van der Waals surface area contributed by atoms with Crippen LogP contribution in [0.5, 0.6) is 11.5 Å². The van der Waals surface area contributed by atoms with Crippen LogP contribution in [0.3, 0.4) is 0 Å². The zero-order chi connectivity index (χ0) is 13.7. The Balaban J connectivity index is 2.73. The third-order valence-corrected chi connectivity index (χ3v) is 2.26. The van der Waals surface area contributed by atoms with Crippen LogP contribution >= 0.6 is 0 Å². The maximum absolute atomic E-state index is 11.8. The van der Waals surface area contributed by atoms with Crippen LogP contribution in [-0.2, 0) is 4.79 Å². The van der Waals surface area contributed by atoms with Gasteiger partial charge in [-0.25, -0.2) is 0 Å². The normalized spacial score (nSPS) is 11.7. The van der Waals surface area contributed by atoms with E-state index in [-0.39, 0.29) is 23.0 Å². The molecule has 18 heavy (non-hydrogen) atoms. The Labute approximate surface area is 105 Å². The number of hydrogen-bond acceptors (Lipinski definition) is 4. The summed E-state index contributed by atoms with van der Waals surface area (Å²) in [4.78, 5) is 23.2. The van der Waals surface area contributed by atoms with Gasteiger partial charge >= 0.3 is 0 Å². The Morgan fingerprint density at radius 3 is 2.28 bits per heavy atom. The summed E-state index contributed by atoms with van der Waals surface area (Å²) in [6, 6.07) is 2.84. The zero-order valence-electron chi connectivity index (χ0n) is 10.2. The molecular formula is C12H16N2O4. The molecule has 2 amide bonds. The van der Waals surface area contributed by atoms with E-state index < -0.39 is 11.9 Å². The smallest absolute Gasteiger partial charge is 0.252 e. The van der Waals surface area contributed by atoms with Crippen molar-refractivity contribution in [2.75, 3.05) is 6.54 Å². The van der Waals surface area contributed by atoms with E-state index in [0.29, 0.717) is 6.54 Å². The number of likely N-dealkylation sites (N-methyl/N-ethyl adjacent to an activating group) is 1. The topological polar surface area (TPSA) is 98.7 Å². The summed E-state index contributed by atoms with van der Waals surface area (Å²) in [6.45, 7) is 3.80. The van der Waals surface area contributed by atoms with Gasteiger partial charge in [-0.05, 0) is 26.0 Å². The van der Waals surface area contributed by atoms with Crippen molar-refractivity contribution in [3.05, 3.63) is 23.8 Å². The molecule has 6 heteroatoms. The number of aromatic hydroxyl groups is 2. The van der Waals surface area contributed by atoms with Gasteiger partial charge in [-0.15, -0.1) is 0 Å². The summed E-state index contributed by atoms with van der Waals surface area (Å²) < 4.78 is 0. The molecule has 0 radical (unpaired) electrons. The van der Waals surface area contributed by atoms with Crippen molar-refractivity contribution >= 4 is 11.8 Å². The van der Waals surface area contributed by atoms with Gasteiger partial charge in [0.2, 0.25) is 5.91 Å². The molecule has 0 spiro atoms. The molecule has 0 aliphatic carbocycles. The molecule has 0 heterocycles. The number of amides is 2. The quantitative estimate of drug-likeness (QED) is 0.621. The second kappa shape index (κ2) is 5.90. The van der Waals surface area contributed by atoms with E-state index in [9.17, 15) is 19.8 Å². The van der Waals surface area contributed by atoms with Crippen LogP contribution in [0.1, 0.15) is 24.2 Å². The number of hydrogen-bond donors (Lipinski definition) is 4. The molecule has 1 unspecified atom stereocenters. The van der Waals surface area contributed by atoms with Crippen LogP contribution in [0.4, 0.5) is 0 Å². The number of phenolic OH excluding ortho intramolecular Hbond substituents is 2. The molecule has 4 N–H and O–H groups in total. The fraction of sp³-hybridized carbons (Fsp3) is 0.333. The van der Waals surface area contributed by atoms with Crippen molar-refractivity contribution < 1.29 is 19.8 Å². The Morgan fingerprint density at radius 1 is 1.22 bits per heavy atom. The summed E-state index contributed by atoms with van der Waals surface area (Å²) in [5.41, 5.74) is 0.0867. The Morgan fingerprint density at radius 2 is 1.78 bits per heavy atom. The summed E-state index contributed by atoms with van der Waals surface area (Å²) in [5, 5.41) is 23.5. The maximum atomic E-state index is 11.8. The fourth-order valence-electron chi connectivity index (χ4n) is 1.40. The number of nitrogens with one attached hydrogen (secondary N) is 2. The predicted molar refractivity (Wildman–Crippen MR) is 65.4 cm³/mol. The van der Waals surface area contributed by atoms with Crippen molar-refractivity contribution in [1.82, 2.24) is 10.6 Å². The lowest BCUT2D eigenvalue weighted by Crippen LogP contribution is -2.44. The van der Waals surface area contributed by atoms with Gasteiger partial charge in [0.15, 0.2) is 0 Å². The first-order chi connectivity index (χ1) is 8.43. The summed E-state index contributed by atoms with van der Waals surface area (Å²) in [5.74, 6) is -1.27. The van der Waals surface area contributed by atoms with E-state index in [1.54, 1.807) is 13.8 Å². The Bertz CT molecular complexity index is 439. The molecule has 0 saturated heterocycles. The van der Waals surface area contributed by atoms with Crippen molar-refractivity contribution in [2.24, 2.45) is 0 Å². The summed E-state index contributed by atoms with van der Waals surface area (Å²) in [6.07, 6.45) is 0. The molecule has 1 aromatic carbocycles. The van der Waals surface area contributed by atoms with E-state index in [4.69, 9.17) is 0 Å². The average Bonchev–Trinajstić information content (AvgIpc) is 2.27. The highest BCUT2D eigenvalue weighted by molar-refractivity contribution is 5.98. The Kier molecular flexibility index (Phi) is 4.53. The second-order valence-corrected chi connectivity index (χ2v) is 3.83. The highest BCUT2D eigenvalue weighted by Gasteiger charge is 2.16. The number of phenols is 2. The van der Waals surface area contributed by atoms with E-state index in [0.717, 1.165) is 6.07 Å². The molecule has 1 atom stereocenters. The molecule has 98 valence electrons. The van der Waals surface area contributed by atoms with Gasteiger partial charge in [0.1, 0.15) is 17.5 Å². The van der Waals surface area contributed by atoms with Gasteiger partial charge < -0.3 is 20.8 Å². The van der Waals surface area contributed by atoms with Gasteiger partial charge in [0.25, 0.3) is 5.91 Å². The standard InChI is InChI=1S/C12H16N2O4/c1-3-13-11(17)7(2)14-12(18)8-4-9(15)6-10(16)5-8/h4-7,15-16H,3H2,1-2H3,(H,13,17)(H,14,18). The molecule has 6 nitrogen and oxygen atoms in total. The van der Waals surface area contributed by atoms with Gasteiger partial charge in [-0.3, -0.25) is 9.59 Å². The van der Waals surface area contributed by atoms with Crippen LogP contribution in [0.15, 0.2) is 18.2 Å². The van der Waals surface area contributed by atoms with Crippen LogP contribution in [-0.4, -0.2) is 34.6 Å². The minimum atomic E-state index is -0.693. The van der Waals surface area contributed by atoms with Gasteiger partial charge in [0.05, 0.1) is 0 Å². The van der Waals surface area contributed by atoms with Gasteiger partial charge in [0, 0.05) is 18.2 Å². The first-order valence-electron chi connectivity index (χ1n) is 5.55. The molecule has 0 saturated carbocycles. The zero-order valence-corrected chi connectivity index (χ0v) is 10.2. The monoisotopic (exact) mass is 252 g/mol. The average molecular weight is 252 g/mol. The molecule has 0 fully saturated rings. The van der Waals surface area contributed by atoms with Gasteiger partial charge in [-0.2, -0.15) is 0 Å². The third-order valence-electron chi connectivity index (χ3n) is 2.26. The van der Waals surface area contributed by atoms with E-state index in [1.165, 1.54) is 12.1 Å². The van der Waals surface area contributed by atoms with E-state index in [1.807, 2.05) is 0 Å². The summed E-state index contributed by atoms with van der Waals surface area (Å²) in [7, 11) is 0. The van der Waals surface area contributed by atoms with Crippen molar-refractivity contribution in [1.29, 1.82) is 0 Å². The van der Waals surface area contributed by atoms with Crippen LogP contribution in [0, 0.1) is 0 Å². The molecule has 0 aliphatic rings. The molecule has 1 aromatic rings. The highest BCUT2D eigenvalue weighted by atomic mass is 16.3. The number of carbonyl (C=O) groups is 2. The SMILES string of the molecule is CCNC(=O)C(C)NC(=O)c1cc(O)cc(O)c1. The van der Waals surface area contributed by atoms with Gasteiger partial charge in [-0.1, -0.05) is 0 Å². The molecule has 0 aliphatic heterocycles. The lowest BCUT2D eigenvalue weighted by molar-refractivity contribution is -0.122. The first-order valence-corrected chi connectivity index (χ1v) is 5.55. The lowest BCUT2D eigenvalue weighted by Gasteiger charge is -2.13. The minimum Gasteiger partial charge on any atom is -0.508 e. The number of carbonyl (C=O) groups excluding carboxylic acids is 2. The summed E-state index contributed by atoms with van der Waals surface area (Å²) >= 11 is 0. The predicted octanol–water partition coefficient (Wildman–Crippen LogP) is 0.352. The molecular weight excluding hydrogens is 236 g/mol. The highest BCUT2D eigenvalue weighted by Crippen LogP contribution is 2.20. The van der Waals surface area contributed by atoms with Crippen molar-refractivity contribution in [3.63, 3.8) is 0 Å². The lowest BCUT2D eigenvalue weighted by atomic mass is 10.1. The minimum absolute atomic E-state index is 0.0867. The van der Waals surface area contributed by atoms with Crippen LogP contribution in [0.25, 0.3) is 0 Å². The number of rotatable bonds is 4. The fourth-order valence-corrected chi connectivity index (χ4v) is 1.40. The van der Waals surface area contributed by atoms with Crippen LogP contribution in [0.2, 0.25) is 0 Å². The molecule has 0 aromatic heterocycles. The first kappa shape index (κ1) is 13.8. The largest absolute Gasteiger partial charge is 0.508 e. The van der Waals surface area contributed by atoms with Crippen molar-refractivity contribution in [3.8, 4) is 11.5 Å². The third kappa shape index (κ3) is 3.65. The van der Waals surface area contributed by atoms with E-state index >= 15 is 0 Å². The second-order valence-electron chi connectivity index (χ2n) is 3.83. The van der Waals surface area contributed by atoms with E-state index in [2.05, 4.69) is 10.6 Å². The number of benzene rings is 1. The molecule has 0 bridgehead atoms.